The van der Waals surface area contributed by atoms with Gasteiger partial charge in [0.2, 0.25) is 0 Å². The van der Waals surface area contributed by atoms with Crippen LogP contribution < -0.4 is 21.6 Å². The van der Waals surface area contributed by atoms with E-state index < -0.39 is 10.4 Å². The molecule has 3 saturated heterocycles. The maximum absolute atomic E-state index is 13.3. The van der Waals surface area contributed by atoms with Crippen LogP contribution >= 0.6 is 0 Å². The summed E-state index contributed by atoms with van der Waals surface area (Å²) < 4.78 is 28.3. The van der Waals surface area contributed by atoms with Crippen LogP contribution in [0.25, 0.3) is 0 Å². The highest BCUT2D eigenvalue weighted by atomic mass is 32.3. The molecule has 0 bridgehead atoms. The zero-order chi connectivity index (χ0) is 26.5. The molecule has 3 saturated carbocycles. The highest BCUT2D eigenvalue weighted by Crippen LogP contribution is 2.48. The Morgan fingerprint density at radius 2 is 1.63 bits per heavy atom. The van der Waals surface area contributed by atoms with E-state index in [4.69, 9.17) is 0 Å². The number of nitriles is 1. The molecule has 38 heavy (non-hydrogen) atoms. The molecule has 3 heterocycles. The summed E-state index contributed by atoms with van der Waals surface area (Å²) in [5.74, 6) is 3.45. The zero-order valence-electron chi connectivity index (χ0n) is 23.5. The molecular weight excluding hydrogens is 496 g/mol. The van der Waals surface area contributed by atoms with Crippen molar-refractivity contribution in [3.8, 4) is 6.07 Å². The van der Waals surface area contributed by atoms with Crippen molar-refractivity contribution < 1.29 is 8.76 Å². The van der Waals surface area contributed by atoms with Crippen LogP contribution in [0.1, 0.15) is 90.9 Å². The Balaban J connectivity index is 1.10. The SMILES string of the molecule is CC(C)(C#N)C1CCC(C2NNC3CNC4CCC(C5CNN([S+](=O)([O-])C6CCCCC6)C5)CC4C32)CC1. The molecule has 6 aliphatic rings. The molecule has 8 nitrogen and oxygen atoms in total. The Hall–Kier alpha value is -0.600. The topological polar surface area (TPSA) is 115 Å². The molecule has 3 aliphatic carbocycles. The molecule has 0 radical (unpaired) electrons. The first-order valence-electron chi connectivity index (χ1n) is 15.7. The lowest BCUT2D eigenvalue weighted by Crippen LogP contribution is -2.58. The van der Waals surface area contributed by atoms with E-state index in [0.717, 1.165) is 51.6 Å². The van der Waals surface area contributed by atoms with Gasteiger partial charge < -0.3 is 9.87 Å². The molecule has 0 aromatic rings. The van der Waals surface area contributed by atoms with Gasteiger partial charge in [0.1, 0.15) is 15.6 Å². The smallest absolute Gasteiger partial charge is 0.143 e. The van der Waals surface area contributed by atoms with Crippen LogP contribution in [0.4, 0.5) is 0 Å². The summed E-state index contributed by atoms with van der Waals surface area (Å²) in [7, 11) is -3.24. The first-order valence-corrected chi connectivity index (χ1v) is 17.2. The highest BCUT2D eigenvalue weighted by Gasteiger charge is 2.53. The summed E-state index contributed by atoms with van der Waals surface area (Å²) in [6.07, 6.45) is 13.3. The number of nitrogens with one attached hydrogen (secondary N) is 4. The van der Waals surface area contributed by atoms with E-state index in [1.54, 1.807) is 4.41 Å². The molecule has 4 N–H and O–H groups in total. The first kappa shape index (κ1) is 27.6. The Morgan fingerprint density at radius 3 is 2.37 bits per heavy atom. The molecule has 214 valence electrons. The Labute approximate surface area is 231 Å². The predicted octanol–water partition coefficient (Wildman–Crippen LogP) is 3.51. The van der Waals surface area contributed by atoms with Gasteiger partial charge in [0.25, 0.3) is 0 Å². The number of fused-ring (bicyclic) bond motifs is 3. The molecule has 0 spiro atoms. The molecule has 3 aliphatic heterocycles. The van der Waals surface area contributed by atoms with E-state index in [1.807, 2.05) is 0 Å². The van der Waals surface area contributed by atoms with Crippen LogP contribution in [-0.2, 0) is 14.6 Å². The first-order chi connectivity index (χ1) is 18.3. The van der Waals surface area contributed by atoms with Gasteiger partial charge in [-0.15, -0.1) is 0 Å². The summed E-state index contributed by atoms with van der Waals surface area (Å²) in [5.41, 5.74) is 10.5. The maximum atomic E-state index is 13.3. The average Bonchev–Trinajstić information content (AvgIpc) is 3.62. The minimum Gasteiger partial charge on any atom is -0.596 e. The standard InChI is InChI=1S/C29H50N6O2S/c1-29(2,18-30)22-11-8-19(9-12-22)28-27-24-14-20(10-13-25(24)31-16-26(27)33-34-28)21-15-32-35(17-21)38(36,37)23-6-4-3-5-7-23/h19-28,31-34H,3-17H2,1-2H3. The molecular formula is C29H50N6O2S. The largest absolute Gasteiger partial charge is 0.596 e. The van der Waals surface area contributed by atoms with Crippen LogP contribution in [-0.4, -0.2) is 52.0 Å². The van der Waals surface area contributed by atoms with E-state index in [0.29, 0.717) is 60.2 Å². The molecule has 8 unspecified atom stereocenters. The Kier molecular flexibility index (Phi) is 7.98. The van der Waals surface area contributed by atoms with Gasteiger partial charge in [-0.3, -0.25) is 10.9 Å². The van der Waals surface area contributed by atoms with Crippen molar-refractivity contribution in [3.63, 3.8) is 0 Å². The second-order valence-electron chi connectivity index (χ2n) is 14.2. The van der Waals surface area contributed by atoms with Crippen molar-refractivity contribution in [2.24, 2.45) is 40.9 Å². The normalized spacial score (nSPS) is 44.6. The zero-order valence-corrected chi connectivity index (χ0v) is 24.3. The average molecular weight is 547 g/mol. The van der Waals surface area contributed by atoms with Crippen LogP contribution in [0, 0.1) is 52.3 Å². The van der Waals surface area contributed by atoms with Gasteiger partial charge in [0.05, 0.1) is 18.0 Å². The fourth-order valence-corrected chi connectivity index (χ4v) is 11.3. The van der Waals surface area contributed by atoms with E-state index in [1.165, 1.54) is 38.5 Å². The highest BCUT2D eigenvalue weighted by molar-refractivity contribution is 7.95. The second kappa shape index (κ2) is 11.0. The summed E-state index contributed by atoms with van der Waals surface area (Å²) in [6, 6.07) is 4.12. The quantitative estimate of drug-likeness (QED) is 0.390. The van der Waals surface area contributed by atoms with E-state index in [-0.39, 0.29) is 10.7 Å². The molecule has 6 fully saturated rings. The summed E-state index contributed by atoms with van der Waals surface area (Å²) in [5, 5.41) is 13.3. The number of nitrogens with zero attached hydrogens (tertiary/aromatic N) is 2. The Bertz CT molecular complexity index is 927. The number of rotatable bonds is 5. The van der Waals surface area contributed by atoms with E-state index in [9.17, 15) is 14.0 Å². The van der Waals surface area contributed by atoms with Crippen LogP contribution in [0.15, 0.2) is 0 Å². The minimum absolute atomic E-state index is 0.188. The summed E-state index contributed by atoms with van der Waals surface area (Å²) in [6.45, 7) is 6.72. The lowest BCUT2D eigenvalue weighted by molar-refractivity contribution is 0.0537. The maximum Gasteiger partial charge on any atom is 0.143 e. The van der Waals surface area contributed by atoms with E-state index >= 15 is 0 Å². The minimum atomic E-state index is -3.24. The van der Waals surface area contributed by atoms with Gasteiger partial charge in [-0.25, -0.2) is 5.43 Å². The third-order valence-electron chi connectivity index (χ3n) is 11.8. The van der Waals surface area contributed by atoms with Gasteiger partial charge in [-0.05, 0) is 120 Å². The lowest BCUT2D eigenvalue weighted by Gasteiger charge is -2.49. The second-order valence-corrected chi connectivity index (χ2v) is 16.3. The summed E-state index contributed by atoms with van der Waals surface area (Å²) in [4.78, 5) is 0. The third kappa shape index (κ3) is 5.13. The van der Waals surface area contributed by atoms with Gasteiger partial charge in [-0.2, -0.15) is 5.26 Å². The molecule has 0 amide bonds. The predicted molar refractivity (Wildman–Crippen MR) is 149 cm³/mol. The molecule has 6 rings (SSSR count). The molecule has 8 atom stereocenters. The van der Waals surface area contributed by atoms with Crippen molar-refractivity contribution in [2.45, 2.75) is 114 Å². The van der Waals surface area contributed by atoms with Gasteiger partial charge in [0.15, 0.2) is 0 Å². The molecule has 0 aromatic heterocycles. The van der Waals surface area contributed by atoms with Crippen molar-refractivity contribution in [2.75, 3.05) is 19.6 Å². The Morgan fingerprint density at radius 1 is 0.895 bits per heavy atom. The fraction of sp³-hybridized carbons (Fsp3) is 0.966. The van der Waals surface area contributed by atoms with Crippen molar-refractivity contribution in [1.82, 2.24) is 26.0 Å². The van der Waals surface area contributed by atoms with E-state index in [2.05, 4.69) is 41.5 Å². The summed E-state index contributed by atoms with van der Waals surface area (Å²) >= 11 is 0. The molecule has 0 aromatic carbocycles. The number of piperidine rings is 1. The van der Waals surface area contributed by atoms with Gasteiger partial charge in [0, 0.05) is 31.2 Å². The molecule has 9 heteroatoms. The number of hydrogen-bond donors (Lipinski definition) is 4. The number of hydrazine groups is 2. The van der Waals surface area contributed by atoms with Crippen molar-refractivity contribution in [1.29, 1.82) is 5.26 Å². The lowest BCUT2D eigenvalue weighted by atomic mass is 9.60. The van der Waals surface area contributed by atoms with Crippen LogP contribution in [0.5, 0.6) is 0 Å². The monoisotopic (exact) mass is 546 g/mol. The number of sulfonamides is 1. The third-order valence-corrected chi connectivity index (χ3v) is 14.0. The van der Waals surface area contributed by atoms with Crippen molar-refractivity contribution in [3.05, 3.63) is 0 Å². The fourth-order valence-electron chi connectivity index (χ4n) is 9.36. The van der Waals surface area contributed by atoms with Gasteiger partial charge >= 0.3 is 0 Å². The number of hydrogen-bond acceptors (Lipinski definition) is 7. The van der Waals surface area contributed by atoms with Gasteiger partial charge in [-0.1, -0.05) is 15.0 Å². The van der Waals surface area contributed by atoms with Crippen LogP contribution in [0.3, 0.4) is 0 Å². The van der Waals surface area contributed by atoms with Crippen molar-refractivity contribution >= 4 is 10.4 Å². The van der Waals surface area contributed by atoms with Crippen LogP contribution in [0.2, 0.25) is 0 Å².